The van der Waals surface area contributed by atoms with Gasteiger partial charge in [0, 0.05) is 12.1 Å². The van der Waals surface area contributed by atoms with E-state index in [0.717, 1.165) is 11.6 Å². The molecule has 0 spiro atoms. The van der Waals surface area contributed by atoms with Gasteiger partial charge in [0.25, 0.3) is 5.91 Å². The highest BCUT2D eigenvalue weighted by Crippen LogP contribution is 2.37. The number of nitrogens with zero attached hydrogens (tertiary/aromatic N) is 1. The van der Waals surface area contributed by atoms with Crippen LogP contribution in [0, 0.1) is 0 Å². The molecule has 1 amide bonds. The van der Waals surface area contributed by atoms with Gasteiger partial charge in [0.05, 0.1) is 5.69 Å². The second kappa shape index (κ2) is 5.60. The number of hydrogen-bond donors (Lipinski definition) is 1. The SMILES string of the molecule is C/C(=C\C(=O)O)c1ccc2c(c1)N(C(C)C)C(=O)C(C)O2. The summed E-state index contributed by atoms with van der Waals surface area (Å²) in [5, 5.41) is 8.84. The van der Waals surface area contributed by atoms with E-state index in [-0.39, 0.29) is 11.9 Å². The van der Waals surface area contributed by atoms with Gasteiger partial charge >= 0.3 is 5.97 Å². The van der Waals surface area contributed by atoms with Crippen molar-refractivity contribution in [2.45, 2.75) is 39.8 Å². The van der Waals surface area contributed by atoms with Crippen LogP contribution in [0.2, 0.25) is 0 Å². The number of rotatable bonds is 3. The molecule has 1 N–H and O–H groups in total. The third-order valence-corrected chi connectivity index (χ3v) is 3.42. The lowest BCUT2D eigenvalue weighted by molar-refractivity contribution is -0.131. The van der Waals surface area contributed by atoms with Gasteiger partial charge in [-0.25, -0.2) is 4.79 Å². The van der Waals surface area contributed by atoms with Gasteiger partial charge in [-0.2, -0.15) is 0 Å². The molecule has 1 heterocycles. The van der Waals surface area contributed by atoms with Crippen molar-refractivity contribution < 1.29 is 19.4 Å². The molecule has 0 radical (unpaired) electrons. The Morgan fingerprint density at radius 3 is 2.67 bits per heavy atom. The summed E-state index contributed by atoms with van der Waals surface area (Å²) in [4.78, 5) is 24.7. The predicted molar refractivity (Wildman–Crippen MR) is 80.4 cm³/mol. The van der Waals surface area contributed by atoms with E-state index in [1.165, 1.54) is 0 Å². The molecule has 2 rings (SSSR count). The van der Waals surface area contributed by atoms with Crippen LogP contribution in [0.15, 0.2) is 24.3 Å². The van der Waals surface area contributed by atoms with E-state index in [4.69, 9.17) is 9.84 Å². The molecule has 1 aliphatic rings. The molecule has 0 bridgehead atoms. The van der Waals surface area contributed by atoms with E-state index < -0.39 is 12.1 Å². The van der Waals surface area contributed by atoms with Gasteiger partial charge in [0.15, 0.2) is 6.10 Å². The number of anilines is 1. The number of carboxylic acids is 1. The highest BCUT2D eigenvalue weighted by Gasteiger charge is 2.33. The third kappa shape index (κ3) is 2.91. The monoisotopic (exact) mass is 289 g/mol. The third-order valence-electron chi connectivity index (χ3n) is 3.42. The zero-order valence-corrected chi connectivity index (χ0v) is 12.6. The van der Waals surface area contributed by atoms with Crippen molar-refractivity contribution in [2.75, 3.05) is 4.90 Å². The Bertz CT molecular complexity index is 619. The minimum atomic E-state index is -0.994. The van der Waals surface area contributed by atoms with Gasteiger partial charge in [-0.3, -0.25) is 4.79 Å². The fourth-order valence-electron chi connectivity index (χ4n) is 2.41. The first-order valence-electron chi connectivity index (χ1n) is 6.86. The molecule has 1 aliphatic heterocycles. The molecule has 112 valence electrons. The minimum Gasteiger partial charge on any atom is -0.479 e. The Morgan fingerprint density at radius 1 is 1.43 bits per heavy atom. The van der Waals surface area contributed by atoms with Crippen LogP contribution in [0.4, 0.5) is 5.69 Å². The average Bonchev–Trinajstić information content (AvgIpc) is 2.38. The number of carbonyl (C=O) groups excluding carboxylic acids is 1. The van der Waals surface area contributed by atoms with Gasteiger partial charge in [-0.1, -0.05) is 6.07 Å². The summed E-state index contributed by atoms with van der Waals surface area (Å²) in [6.07, 6.45) is 0.636. The number of aliphatic carboxylic acids is 1. The number of carbonyl (C=O) groups is 2. The van der Waals surface area contributed by atoms with E-state index in [9.17, 15) is 9.59 Å². The van der Waals surface area contributed by atoms with Crippen molar-refractivity contribution in [1.29, 1.82) is 0 Å². The van der Waals surface area contributed by atoms with Crippen molar-refractivity contribution in [2.24, 2.45) is 0 Å². The molecule has 21 heavy (non-hydrogen) atoms. The maximum Gasteiger partial charge on any atom is 0.328 e. The number of fused-ring (bicyclic) bond motifs is 1. The fourth-order valence-corrected chi connectivity index (χ4v) is 2.41. The minimum absolute atomic E-state index is 0.00149. The Labute approximate surface area is 123 Å². The maximum absolute atomic E-state index is 12.3. The van der Waals surface area contributed by atoms with Crippen LogP contribution in [0.3, 0.4) is 0 Å². The second-order valence-corrected chi connectivity index (χ2v) is 5.41. The Balaban J connectivity index is 2.52. The molecule has 1 aromatic carbocycles. The highest BCUT2D eigenvalue weighted by atomic mass is 16.5. The summed E-state index contributed by atoms with van der Waals surface area (Å²) < 4.78 is 5.61. The van der Waals surface area contributed by atoms with Gasteiger partial charge in [0.2, 0.25) is 0 Å². The number of hydrogen-bond acceptors (Lipinski definition) is 3. The second-order valence-electron chi connectivity index (χ2n) is 5.41. The lowest BCUT2D eigenvalue weighted by atomic mass is 10.0. The van der Waals surface area contributed by atoms with Gasteiger partial charge < -0.3 is 14.7 Å². The van der Waals surface area contributed by atoms with Crippen molar-refractivity contribution in [3.8, 4) is 5.75 Å². The normalized spacial score (nSPS) is 18.5. The van der Waals surface area contributed by atoms with Crippen LogP contribution in [0.5, 0.6) is 5.75 Å². The van der Waals surface area contributed by atoms with Crippen molar-refractivity contribution in [1.82, 2.24) is 0 Å². The van der Waals surface area contributed by atoms with Crippen LogP contribution >= 0.6 is 0 Å². The van der Waals surface area contributed by atoms with E-state index in [1.54, 1.807) is 36.9 Å². The topological polar surface area (TPSA) is 66.8 Å². The van der Waals surface area contributed by atoms with Crippen molar-refractivity contribution >= 4 is 23.1 Å². The Hall–Kier alpha value is -2.30. The highest BCUT2D eigenvalue weighted by molar-refractivity contribution is 6.01. The summed E-state index contributed by atoms with van der Waals surface area (Å²) >= 11 is 0. The summed E-state index contributed by atoms with van der Waals surface area (Å²) in [7, 11) is 0. The van der Waals surface area contributed by atoms with Crippen molar-refractivity contribution in [3.05, 3.63) is 29.8 Å². The number of allylic oxidation sites excluding steroid dienone is 1. The van der Waals surface area contributed by atoms with E-state index in [1.807, 2.05) is 13.8 Å². The number of benzene rings is 1. The molecule has 1 unspecified atom stereocenters. The zero-order valence-electron chi connectivity index (χ0n) is 12.6. The lowest BCUT2D eigenvalue weighted by Gasteiger charge is -2.36. The Kier molecular flexibility index (Phi) is 4.02. The van der Waals surface area contributed by atoms with Crippen LogP contribution in [0.1, 0.15) is 33.3 Å². The molecule has 0 saturated heterocycles. The van der Waals surface area contributed by atoms with Gasteiger partial charge in [0.1, 0.15) is 5.75 Å². The van der Waals surface area contributed by atoms with Gasteiger partial charge in [-0.15, -0.1) is 0 Å². The summed E-state index contributed by atoms with van der Waals surface area (Å²) in [6.45, 7) is 7.33. The molecule has 0 aromatic heterocycles. The van der Waals surface area contributed by atoms with E-state index in [2.05, 4.69) is 0 Å². The number of ether oxygens (including phenoxy) is 1. The summed E-state index contributed by atoms with van der Waals surface area (Å²) in [5.41, 5.74) is 2.07. The predicted octanol–water partition coefficient (Wildman–Crippen LogP) is 2.70. The smallest absolute Gasteiger partial charge is 0.328 e. The molecule has 5 nitrogen and oxygen atoms in total. The quantitative estimate of drug-likeness (QED) is 0.869. The first-order valence-corrected chi connectivity index (χ1v) is 6.86. The van der Waals surface area contributed by atoms with Gasteiger partial charge in [-0.05, 0) is 51.0 Å². The van der Waals surface area contributed by atoms with Crippen molar-refractivity contribution in [3.63, 3.8) is 0 Å². The Morgan fingerprint density at radius 2 is 2.10 bits per heavy atom. The standard InChI is InChI=1S/C16H19NO4/c1-9(2)17-13-8-12(10(3)7-15(18)19)5-6-14(13)21-11(4)16(17)20/h5-9,11H,1-4H3,(H,18,19)/b10-7+. The van der Waals surface area contributed by atoms with Crippen LogP contribution in [-0.2, 0) is 9.59 Å². The summed E-state index contributed by atoms with van der Waals surface area (Å²) in [6, 6.07) is 5.38. The zero-order chi connectivity index (χ0) is 15.7. The van der Waals surface area contributed by atoms with E-state index in [0.29, 0.717) is 17.0 Å². The first kappa shape index (κ1) is 15.1. The molecule has 0 fully saturated rings. The first-order chi connectivity index (χ1) is 9.81. The molecular formula is C16H19NO4. The molecular weight excluding hydrogens is 270 g/mol. The maximum atomic E-state index is 12.3. The van der Waals surface area contributed by atoms with Crippen LogP contribution < -0.4 is 9.64 Å². The summed E-state index contributed by atoms with van der Waals surface area (Å²) in [5.74, 6) is -0.441. The molecule has 5 heteroatoms. The van der Waals surface area contributed by atoms with Crippen LogP contribution in [-0.4, -0.2) is 29.1 Å². The molecule has 1 atom stereocenters. The largest absolute Gasteiger partial charge is 0.479 e. The molecule has 0 aliphatic carbocycles. The van der Waals surface area contributed by atoms with Crippen LogP contribution in [0.25, 0.3) is 5.57 Å². The molecule has 1 aromatic rings. The van der Waals surface area contributed by atoms with E-state index >= 15 is 0 Å². The fraction of sp³-hybridized carbons (Fsp3) is 0.375. The molecule has 0 saturated carbocycles. The number of carboxylic acid groups (broad SMARTS) is 1. The average molecular weight is 289 g/mol. The number of amides is 1. The lowest BCUT2D eigenvalue weighted by Crippen LogP contribution is -2.47.